The number of halogens is 3. The lowest BCUT2D eigenvalue weighted by Crippen LogP contribution is -2.01. The summed E-state index contributed by atoms with van der Waals surface area (Å²) in [5.41, 5.74) is 0.908. The zero-order valence-corrected chi connectivity index (χ0v) is 16.4. The summed E-state index contributed by atoms with van der Waals surface area (Å²) in [5.74, 6) is -4.96. The predicted octanol–water partition coefficient (Wildman–Crippen LogP) is 4.77. The van der Waals surface area contributed by atoms with E-state index in [-0.39, 0.29) is 10.6 Å². The molecule has 0 unspecified atom stereocenters. The first-order valence-electron chi connectivity index (χ1n) is 8.24. The van der Waals surface area contributed by atoms with Crippen LogP contribution in [0, 0.1) is 24.4 Å². The van der Waals surface area contributed by atoms with Crippen LogP contribution in [0.25, 0.3) is 21.1 Å². The molecule has 1 aromatic carbocycles. The maximum atomic E-state index is 14.1. The summed E-state index contributed by atoms with van der Waals surface area (Å²) in [6.07, 6.45) is 1.57. The van der Waals surface area contributed by atoms with Gasteiger partial charge >= 0.3 is 0 Å². The van der Waals surface area contributed by atoms with Gasteiger partial charge in [0.15, 0.2) is 17.4 Å². The highest BCUT2D eigenvalue weighted by Gasteiger charge is 2.22. The Kier molecular flexibility index (Phi) is 5.16. The minimum absolute atomic E-state index is 0.0994. The average molecular weight is 435 g/mol. The van der Waals surface area contributed by atoms with Crippen LogP contribution in [0.15, 0.2) is 29.8 Å². The number of nitrogens with one attached hydrogen (secondary N) is 1. The largest absolute Gasteiger partial charge is 0.503 e. The van der Waals surface area contributed by atoms with Gasteiger partial charge < -0.3 is 10.4 Å². The Bertz CT molecular complexity index is 1180. The normalized spacial score (nSPS) is 11.0. The van der Waals surface area contributed by atoms with E-state index < -0.39 is 23.2 Å². The Labute approximate surface area is 170 Å². The molecule has 11 heteroatoms. The number of aryl methyl sites for hydroxylation is 1. The van der Waals surface area contributed by atoms with Crippen LogP contribution in [-0.2, 0) is 6.54 Å². The molecule has 0 saturated heterocycles. The third-order valence-corrected chi connectivity index (χ3v) is 5.99. The average Bonchev–Trinajstić information content (AvgIpc) is 3.35. The van der Waals surface area contributed by atoms with Gasteiger partial charge in [0.05, 0.1) is 28.4 Å². The van der Waals surface area contributed by atoms with E-state index in [4.69, 9.17) is 0 Å². The number of anilines is 1. The number of hydrogen-bond donors (Lipinski definition) is 2. The maximum absolute atomic E-state index is 14.1. The molecule has 3 heterocycles. The van der Waals surface area contributed by atoms with Crippen molar-refractivity contribution in [3.05, 3.63) is 57.9 Å². The van der Waals surface area contributed by atoms with Gasteiger partial charge in [-0.3, -0.25) is 0 Å². The third-order valence-electron chi connectivity index (χ3n) is 3.94. The minimum Gasteiger partial charge on any atom is -0.503 e. The van der Waals surface area contributed by atoms with Crippen LogP contribution in [0.5, 0.6) is 5.75 Å². The second-order valence-corrected chi connectivity index (χ2v) is 7.85. The van der Waals surface area contributed by atoms with Gasteiger partial charge in [0.25, 0.3) is 0 Å². The van der Waals surface area contributed by atoms with E-state index in [9.17, 15) is 18.3 Å². The lowest BCUT2D eigenvalue weighted by Gasteiger charge is -2.03. The van der Waals surface area contributed by atoms with Gasteiger partial charge in [-0.05, 0) is 25.1 Å². The summed E-state index contributed by atoms with van der Waals surface area (Å²) in [6, 6.07) is 4.27. The summed E-state index contributed by atoms with van der Waals surface area (Å²) in [4.78, 5) is 9.56. The van der Waals surface area contributed by atoms with E-state index in [0.717, 1.165) is 33.0 Å². The van der Waals surface area contributed by atoms with Crippen molar-refractivity contribution in [2.24, 2.45) is 0 Å². The summed E-state index contributed by atoms with van der Waals surface area (Å²) in [5, 5.41) is 22.6. The van der Waals surface area contributed by atoms with Gasteiger partial charge in [-0.15, -0.1) is 27.8 Å². The monoisotopic (exact) mass is 435 g/mol. The Morgan fingerprint density at radius 3 is 2.76 bits per heavy atom. The molecule has 0 aliphatic rings. The zero-order chi connectivity index (χ0) is 20.5. The molecule has 4 rings (SSSR count). The van der Waals surface area contributed by atoms with Crippen molar-refractivity contribution in [3.63, 3.8) is 0 Å². The number of phenolic OH excluding ortho intramolecular Hbond substituents is 1. The molecule has 6 nitrogen and oxygen atoms in total. The number of benzene rings is 1. The summed E-state index contributed by atoms with van der Waals surface area (Å²) in [6.45, 7) is 2.25. The van der Waals surface area contributed by atoms with Crippen molar-refractivity contribution in [1.82, 2.24) is 20.2 Å². The van der Waals surface area contributed by atoms with Gasteiger partial charge in [0.1, 0.15) is 15.8 Å². The molecule has 0 atom stereocenters. The van der Waals surface area contributed by atoms with Gasteiger partial charge in [0, 0.05) is 11.6 Å². The maximum Gasteiger partial charge on any atom is 0.204 e. The number of thiazole rings is 2. The molecule has 0 aliphatic heterocycles. The quantitative estimate of drug-likeness (QED) is 0.440. The first-order chi connectivity index (χ1) is 13.9. The Balaban J connectivity index is 1.60. The minimum atomic E-state index is -1.64. The van der Waals surface area contributed by atoms with E-state index in [1.165, 1.54) is 11.3 Å². The highest BCUT2D eigenvalue weighted by Crippen LogP contribution is 2.37. The van der Waals surface area contributed by atoms with Gasteiger partial charge in [-0.2, -0.15) is 9.49 Å². The highest BCUT2D eigenvalue weighted by atomic mass is 32.1. The zero-order valence-electron chi connectivity index (χ0n) is 14.8. The predicted molar refractivity (Wildman–Crippen MR) is 104 cm³/mol. The molecule has 0 radical (unpaired) electrons. The molecule has 148 valence electrons. The van der Waals surface area contributed by atoms with Gasteiger partial charge in [0.2, 0.25) is 5.82 Å². The van der Waals surface area contributed by atoms with Crippen LogP contribution < -0.4 is 5.32 Å². The van der Waals surface area contributed by atoms with Crippen LogP contribution in [0.4, 0.5) is 19.0 Å². The first-order valence-corrected chi connectivity index (χ1v) is 9.94. The van der Waals surface area contributed by atoms with Crippen LogP contribution in [-0.4, -0.2) is 25.3 Å². The molecule has 0 bridgehead atoms. The van der Waals surface area contributed by atoms with E-state index in [1.54, 1.807) is 23.7 Å². The molecule has 0 saturated carbocycles. The molecule has 0 spiro atoms. The van der Waals surface area contributed by atoms with Crippen LogP contribution >= 0.6 is 22.7 Å². The number of rotatable bonds is 5. The smallest absolute Gasteiger partial charge is 0.204 e. The lowest BCUT2D eigenvalue weighted by atomic mass is 10.2. The molecule has 0 aliphatic carbocycles. The number of nitrogens with zero attached hydrogens (tertiary/aromatic N) is 4. The standard InChI is InChI=1S/C18H12F3N5OS2/c1-8-17(29-13(24-8)6-22-12-3-2-4-23-26-12)11-7-28-18(25-11)9-5-10(19)16(27)15(21)14(9)20/h2-5,7,27H,6H2,1H3,(H,22,26). The van der Waals surface area contributed by atoms with E-state index in [0.29, 0.717) is 18.1 Å². The fourth-order valence-electron chi connectivity index (χ4n) is 2.57. The van der Waals surface area contributed by atoms with Crippen molar-refractivity contribution in [2.75, 3.05) is 5.32 Å². The van der Waals surface area contributed by atoms with Crippen molar-refractivity contribution in [3.8, 4) is 26.9 Å². The molecule has 29 heavy (non-hydrogen) atoms. The van der Waals surface area contributed by atoms with Crippen molar-refractivity contribution >= 4 is 28.5 Å². The van der Waals surface area contributed by atoms with Crippen molar-refractivity contribution in [2.45, 2.75) is 13.5 Å². The topological polar surface area (TPSA) is 83.8 Å². The fraction of sp³-hybridized carbons (Fsp3) is 0.111. The van der Waals surface area contributed by atoms with E-state index in [1.807, 2.05) is 6.92 Å². The first kappa shape index (κ1) is 19.3. The fourth-order valence-corrected chi connectivity index (χ4v) is 4.43. The summed E-state index contributed by atoms with van der Waals surface area (Å²) in [7, 11) is 0. The second-order valence-electron chi connectivity index (χ2n) is 5.91. The number of phenols is 1. The molecule has 0 amide bonds. The number of aromatic nitrogens is 4. The van der Waals surface area contributed by atoms with E-state index >= 15 is 0 Å². The highest BCUT2D eigenvalue weighted by molar-refractivity contribution is 7.16. The molecule has 2 N–H and O–H groups in total. The molecule has 0 fully saturated rings. The SMILES string of the molecule is Cc1nc(CNc2cccnn2)sc1-c1csc(-c2cc(F)c(O)c(F)c2F)n1. The molecule has 4 aromatic rings. The summed E-state index contributed by atoms with van der Waals surface area (Å²) < 4.78 is 41.4. The van der Waals surface area contributed by atoms with Gasteiger partial charge in [-0.1, -0.05) is 0 Å². The molecular weight excluding hydrogens is 423 g/mol. The lowest BCUT2D eigenvalue weighted by molar-refractivity contribution is 0.377. The third kappa shape index (κ3) is 3.78. The van der Waals surface area contributed by atoms with Crippen molar-refractivity contribution < 1.29 is 18.3 Å². The van der Waals surface area contributed by atoms with Crippen LogP contribution in [0.1, 0.15) is 10.7 Å². The molecule has 3 aromatic heterocycles. The Morgan fingerprint density at radius 1 is 1.17 bits per heavy atom. The van der Waals surface area contributed by atoms with Gasteiger partial charge in [-0.25, -0.2) is 18.7 Å². The number of aromatic hydroxyl groups is 1. The summed E-state index contributed by atoms with van der Waals surface area (Å²) >= 11 is 2.44. The van der Waals surface area contributed by atoms with E-state index in [2.05, 4.69) is 25.5 Å². The Hall–Kier alpha value is -3.05. The van der Waals surface area contributed by atoms with Crippen LogP contribution in [0.3, 0.4) is 0 Å². The van der Waals surface area contributed by atoms with Crippen molar-refractivity contribution in [1.29, 1.82) is 0 Å². The van der Waals surface area contributed by atoms with Crippen LogP contribution in [0.2, 0.25) is 0 Å². The number of hydrogen-bond acceptors (Lipinski definition) is 8. The second kappa shape index (κ2) is 7.76. The molecular formula is C18H12F3N5OS2. The Morgan fingerprint density at radius 2 is 2.00 bits per heavy atom.